The van der Waals surface area contributed by atoms with Crippen molar-refractivity contribution in [3.05, 3.63) is 64.9 Å². The summed E-state index contributed by atoms with van der Waals surface area (Å²) in [7, 11) is 1.62. The molecule has 2 rings (SSSR count). The third-order valence-electron chi connectivity index (χ3n) is 2.80. The van der Waals surface area contributed by atoms with Gasteiger partial charge in [0.05, 0.1) is 18.3 Å². The molecule has 0 fully saturated rings. The summed E-state index contributed by atoms with van der Waals surface area (Å²) in [6, 6.07) is 14.2. The minimum absolute atomic E-state index is 0.109. The Morgan fingerprint density at radius 2 is 1.95 bits per heavy atom. The van der Waals surface area contributed by atoms with Crippen molar-refractivity contribution in [3.8, 4) is 0 Å². The van der Waals surface area contributed by atoms with Crippen LogP contribution in [0.25, 0.3) is 0 Å². The summed E-state index contributed by atoms with van der Waals surface area (Å²) < 4.78 is 19.0. The van der Waals surface area contributed by atoms with Gasteiger partial charge >= 0.3 is 0 Å². The zero-order chi connectivity index (χ0) is 13.7. The molecular formula is C15H15ClFNO. The molecule has 2 aromatic rings. The van der Waals surface area contributed by atoms with E-state index in [1.54, 1.807) is 19.2 Å². The van der Waals surface area contributed by atoms with Crippen LogP contribution in [0.3, 0.4) is 0 Å². The SMILES string of the molecule is COCC(Nc1ccc(Cl)cc1F)c1ccccc1. The van der Waals surface area contributed by atoms with Gasteiger partial charge in [-0.05, 0) is 23.8 Å². The third-order valence-corrected chi connectivity index (χ3v) is 3.03. The molecule has 0 amide bonds. The van der Waals surface area contributed by atoms with Crippen molar-refractivity contribution in [3.63, 3.8) is 0 Å². The molecule has 4 heteroatoms. The molecule has 1 unspecified atom stereocenters. The molecule has 0 aliphatic rings. The Morgan fingerprint density at radius 3 is 2.58 bits per heavy atom. The number of halogens is 2. The average Bonchev–Trinajstić information content (AvgIpc) is 2.42. The van der Waals surface area contributed by atoms with Gasteiger partial charge in [-0.2, -0.15) is 0 Å². The van der Waals surface area contributed by atoms with E-state index in [0.717, 1.165) is 5.56 Å². The second kappa shape index (κ2) is 6.55. The summed E-state index contributed by atoms with van der Waals surface area (Å²) in [5.41, 5.74) is 1.45. The number of hydrogen-bond donors (Lipinski definition) is 1. The lowest BCUT2D eigenvalue weighted by atomic mass is 10.1. The molecule has 0 aliphatic heterocycles. The van der Waals surface area contributed by atoms with Crippen molar-refractivity contribution < 1.29 is 9.13 Å². The van der Waals surface area contributed by atoms with E-state index in [1.807, 2.05) is 30.3 Å². The van der Waals surface area contributed by atoms with Gasteiger partial charge in [0, 0.05) is 12.1 Å². The fourth-order valence-corrected chi connectivity index (χ4v) is 2.03. The first kappa shape index (κ1) is 13.8. The lowest BCUT2D eigenvalue weighted by molar-refractivity contribution is 0.186. The fraction of sp³-hybridized carbons (Fsp3) is 0.200. The number of benzene rings is 2. The van der Waals surface area contributed by atoms with Crippen molar-refractivity contribution in [1.82, 2.24) is 0 Å². The zero-order valence-corrected chi connectivity index (χ0v) is 11.3. The van der Waals surface area contributed by atoms with E-state index < -0.39 is 0 Å². The molecule has 0 saturated carbocycles. The lowest BCUT2D eigenvalue weighted by Crippen LogP contribution is -2.16. The Hall–Kier alpha value is -1.58. The first-order valence-corrected chi connectivity index (χ1v) is 6.34. The summed E-state index contributed by atoms with van der Waals surface area (Å²) >= 11 is 5.74. The van der Waals surface area contributed by atoms with Crippen molar-refractivity contribution in [2.45, 2.75) is 6.04 Å². The Kier molecular flexibility index (Phi) is 4.77. The first-order valence-electron chi connectivity index (χ1n) is 5.96. The Morgan fingerprint density at radius 1 is 1.21 bits per heavy atom. The standard InChI is InChI=1S/C15H15ClFNO/c1-19-10-15(11-5-3-2-4-6-11)18-14-8-7-12(16)9-13(14)17/h2-9,15,18H,10H2,1H3. The van der Waals surface area contributed by atoms with E-state index in [-0.39, 0.29) is 11.9 Å². The van der Waals surface area contributed by atoms with E-state index in [2.05, 4.69) is 5.32 Å². The number of anilines is 1. The topological polar surface area (TPSA) is 21.3 Å². The average molecular weight is 280 g/mol. The van der Waals surface area contributed by atoms with Crippen LogP contribution in [-0.4, -0.2) is 13.7 Å². The van der Waals surface area contributed by atoms with E-state index in [9.17, 15) is 4.39 Å². The van der Waals surface area contributed by atoms with Crippen LogP contribution in [0.5, 0.6) is 0 Å². The monoisotopic (exact) mass is 279 g/mol. The maximum absolute atomic E-state index is 13.8. The van der Waals surface area contributed by atoms with Crippen molar-refractivity contribution in [2.24, 2.45) is 0 Å². The summed E-state index contributed by atoms with van der Waals surface area (Å²) in [5.74, 6) is -0.371. The van der Waals surface area contributed by atoms with Crippen LogP contribution < -0.4 is 5.32 Å². The summed E-state index contributed by atoms with van der Waals surface area (Å²) in [6.07, 6.45) is 0. The molecular weight excluding hydrogens is 265 g/mol. The molecule has 2 nitrogen and oxygen atoms in total. The van der Waals surface area contributed by atoms with E-state index in [0.29, 0.717) is 17.3 Å². The highest BCUT2D eigenvalue weighted by Gasteiger charge is 2.13. The second-order valence-electron chi connectivity index (χ2n) is 4.19. The van der Waals surface area contributed by atoms with Gasteiger partial charge in [-0.15, -0.1) is 0 Å². The van der Waals surface area contributed by atoms with Crippen LogP contribution in [0.4, 0.5) is 10.1 Å². The third kappa shape index (κ3) is 3.69. The normalized spacial score (nSPS) is 12.2. The van der Waals surface area contributed by atoms with Gasteiger partial charge in [-0.1, -0.05) is 41.9 Å². The highest BCUT2D eigenvalue weighted by Crippen LogP contribution is 2.24. The summed E-state index contributed by atoms with van der Waals surface area (Å²) in [6.45, 7) is 0.450. The molecule has 19 heavy (non-hydrogen) atoms. The predicted octanol–water partition coefficient (Wildman–Crippen LogP) is 4.28. The Labute approximate surface area is 117 Å². The van der Waals surface area contributed by atoms with Gasteiger partial charge in [0.15, 0.2) is 0 Å². The first-order chi connectivity index (χ1) is 9.20. The molecule has 0 bridgehead atoms. The Bertz CT molecular complexity index is 533. The van der Waals surface area contributed by atoms with Crippen molar-refractivity contribution in [1.29, 1.82) is 0 Å². The van der Waals surface area contributed by atoms with Gasteiger partial charge < -0.3 is 10.1 Å². The minimum Gasteiger partial charge on any atom is -0.382 e. The molecule has 100 valence electrons. The quantitative estimate of drug-likeness (QED) is 0.882. The van der Waals surface area contributed by atoms with Gasteiger partial charge in [0.2, 0.25) is 0 Å². The van der Waals surface area contributed by atoms with Crippen LogP contribution in [-0.2, 0) is 4.74 Å². The molecule has 2 aromatic carbocycles. The van der Waals surface area contributed by atoms with Crippen LogP contribution in [0.1, 0.15) is 11.6 Å². The molecule has 0 heterocycles. The number of nitrogens with one attached hydrogen (secondary N) is 1. The molecule has 0 saturated heterocycles. The highest BCUT2D eigenvalue weighted by molar-refractivity contribution is 6.30. The fourth-order valence-electron chi connectivity index (χ4n) is 1.87. The van der Waals surface area contributed by atoms with Crippen molar-refractivity contribution >= 4 is 17.3 Å². The van der Waals surface area contributed by atoms with Crippen LogP contribution >= 0.6 is 11.6 Å². The van der Waals surface area contributed by atoms with Gasteiger partial charge in [0.25, 0.3) is 0 Å². The van der Waals surface area contributed by atoms with Gasteiger partial charge in [0.1, 0.15) is 5.82 Å². The van der Waals surface area contributed by atoms with Gasteiger partial charge in [-0.3, -0.25) is 0 Å². The molecule has 1 atom stereocenters. The highest BCUT2D eigenvalue weighted by atomic mass is 35.5. The number of ether oxygens (including phenoxy) is 1. The van der Waals surface area contributed by atoms with E-state index in [4.69, 9.17) is 16.3 Å². The molecule has 0 aromatic heterocycles. The lowest BCUT2D eigenvalue weighted by Gasteiger charge is -2.20. The van der Waals surface area contributed by atoms with E-state index >= 15 is 0 Å². The number of hydrogen-bond acceptors (Lipinski definition) is 2. The maximum atomic E-state index is 13.8. The minimum atomic E-state index is -0.371. The molecule has 0 radical (unpaired) electrons. The Balaban J connectivity index is 2.21. The smallest absolute Gasteiger partial charge is 0.147 e. The second-order valence-corrected chi connectivity index (χ2v) is 4.62. The molecule has 0 spiro atoms. The van der Waals surface area contributed by atoms with Gasteiger partial charge in [-0.25, -0.2) is 4.39 Å². The molecule has 1 N–H and O–H groups in total. The van der Waals surface area contributed by atoms with Crippen LogP contribution in [0, 0.1) is 5.82 Å². The maximum Gasteiger partial charge on any atom is 0.147 e. The van der Waals surface area contributed by atoms with E-state index in [1.165, 1.54) is 6.07 Å². The predicted molar refractivity (Wildman–Crippen MR) is 76.1 cm³/mol. The molecule has 0 aliphatic carbocycles. The summed E-state index contributed by atoms with van der Waals surface area (Å²) in [4.78, 5) is 0. The summed E-state index contributed by atoms with van der Waals surface area (Å²) in [5, 5.41) is 3.51. The number of rotatable bonds is 5. The number of methoxy groups -OCH3 is 1. The largest absolute Gasteiger partial charge is 0.382 e. The van der Waals surface area contributed by atoms with Crippen molar-refractivity contribution in [2.75, 3.05) is 19.0 Å². The van der Waals surface area contributed by atoms with Crippen LogP contribution in [0.2, 0.25) is 5.02 Å². The zero-order valence-electron chi connectivity index (χ0n) is 10.6. The van der Waals surface area contributed by atoms with Crippen LogP contribution in [0.15, 0.2) is 48.5 Å².